The average Bonchev–Trinajstić information content (AvgIpc) is 3.29. The summed E-state index contributed by atoms with van der Waals surface area (Å²) in [6, 6.07) is 14.8. The number of aromatic hydroxyl groups is 2. The molecule has 1 aromatic heterocycles. The van der Waals surface area contributed by atoms with E-state index in [1.54, 1.807) is 73.2 Å². The number of rotatable bonds is 8. The molecule has 0 saturated heterocycles. The van der Waals surface area contributed by atoms with Crippen LogP contribution in [0.1, 0.15) is 34.5 Å². The van der Waals surface area contributed by atoms with Gasteiger partial charge in [-0.3, -0.25) is 19.8 Å². The van der Waals surface area contributed by atoms with Crippen LogP contribution in [0.5, 0.6) is 23.0 Å². The van der Waals surface area contributed by atoms with Gasteiger partial charge in [-0.15, -0.1) is 0 Å². The van der Waals surface area contributed by atoms with Gasteiger partial charge in [-0.1, -0.05) is 18.2 Å². The maximum Gasteiger partial charge on any atom is 0.270 e. The normalized spacial score (nSPS) is 19.6. The number of nitrogens with one attached hydrogen (secondary N) is 1. The van der Waals surface area contributed by atoms with Crippen molar-refractivity contribution in [2.24, 2.45) is 9.98 Å². The summed E-state index contributed by atoms with van der Waals surface area (Å²) in [6.45, 7) is 0. The van der Waals surface area contributed by atoms with Gasteiger partial charge in [-0.05, 0) is 49.2 Å². The van der Waals surface area contributed by atoms with Gasteiger partial charge in [0.25, 0.3) is 5.91 Å². The number of aliphatic imine (C=N–C) groups is 2. The van der Waals surface area contributed by atoms with Crippen LogP contribution in [0, 0.1) is 0 Å². The number of methoxy groups -OCH3 is 2. The predicted octanol–water partition coefficient (Wildman–Crippen LogP) is 3.38. The van der Waals surface area contributed by atoms with Gasteiger partial charge in [0, 0.05) is 35.8 Å². The van der Waals surface area contributed by atoms with Crippen molar-refractivity contribution in [3.05, 3.63) is 77.6 Å². The number of amides is 1. The molecule has 1 saturated carbocycles. The molecule has 9 heteroatoms. The first kappa shape index (κ1) is 24.7. The zero-order valence-electron chi connectivity index (χ0n) is 20.0. The third kappa shape index (κ3) is 5.63. The summed E-state index contributed by atoms with van der Waals surface area (Å²) in [5, 5.41) is 23.8. The van der Waals surface area contributed by atoms with Gasteiger partial charge < -0.3 is 25.0 Å². The Hall–Kier alpha value is -4.40. The van der Waals surface area contributed by atoms with Gasteiger partial charge >= 0.3 is 0 Å². The molecule has 3 aromatic rings. The van der Waals surface area contributed by atoms with Gasteiger partial charge in [0.2, 0.25) is 0 Å². The smallest absolute Gasteiger partial charge is 0.270 e. The number of ether oxygens (including phenoxy) is 2. The number of hydrogen-bond donors (Lipinski definition) is 3. The van der Waals surface area contributed by atoms with Crippen molar-refractivity contribution in [2.45, 2.75) is 31.0 Å². The number of carbonyl (C=O) groups excluding carboxylic acids is 1. The molecule has 0 bridgehead atoms. The van der Waals surface area contributed by atoms with E-state index in [4.69, 9.17) is 19.5 Å². The first-order chi connectivity index (χ1) is 17.5. The molecule has 2 aromatic carbocycles. The summed E-state index contributed by atoms with van der Waals surface area (Å²) >= 11 is 0. The molecular formula is C27H28N4O5. The molecular weight excluding hydrogens is 460 g/mol. The molecule has 9 nitrogen and oxygen atoms in total. The molecule has 36 heavy (non-hydrogen) atoms. The van der Waals surface area contributed by atoms with Crippen LogP contribution >= 0.6 is 0 Å². The van der Waals surface area contributed by atoms with Crippen LogP contribution in [0.3, 0.4) is 0 Å². The van der Waals surface area contributed by atoms with Crippen LogP contribution in [0.2, 0.25) is 0 Å². The Balaban J connectivity index is 1.56. The molecule has 0 spiro atoms. The average molecular weight is 489 g/mol. The molecule has 186 valence electrons. The number of phenolic OH excluding ortho intramolecular Hbond substituents is 2. The number of carbonyl (C=O) groups is 1. The molecule has 1 aliphatic carbocycles. The first-order valence-corrected chi connectivity index (χ1v) is 11.5. The topological polar surface area (TPSA) is 126 Å². The Morgan fingerprint density at radius 3 is 1.92 bits per heavy atom. The number of hydrogen-bond acceptors (Lipinski definition) is 8. The van der Waals surface area contributed by atoms with Crippen molar-refractivity contribution >= 4 is 18.3 Å². The van der Waals surface area contributed by atoms with Crippen molar-refractivity contribution in [3.8, 4) is 23.0 Å². The van der Waals surface area contributed by atoms with Gasteiger partial charge in [0.15, 0.2) is 23.0 Å². The fourth-order valence-corrected chi connectivity index (χ4v) is 4.16. The third-order valence-corrected chi connectivity index (χ3v) is 6.04. The Kier molecular flexibility index (Phi) is 7.79. The van der Waals surface area contributed by atoms with Gasteiger partial charge in [0.05, 0.1) is 26.3 Å². The van der Waals surface area contributed by atoms with Crippen molar-refractivity contribution in [1.82, 2.24) is 10.3 Å². The number of nitrogens with zero attached hydrogens (tertiary/aromatic N) is 3. The second-order valence-electron chi connectivity index (χ2n) is 8.34. The van der Waals surface area contributed by atoms with Crippen molar-refractivity contribution in [3.63, 3.8) is 0 Å². The van der Waals surface area contributed by atoms with E-state index in [0.717, 1.165) is 0 Å². The lowest BCUT2D eigenvalue weighted by atomic mass is 10.1. The first-order valence-electron chi connectivity index (χ1n) is 11.5. The molecule has 4 rings (SSSR count). The fraction of sp³-hybridized carbons (Fsp3) is 0.259. The molecule has 3 atom stereocenters. The molecule has 1 unspecified atom stereocenters. The summed E-state index contributed by atoms with van der Waals surface area (Å²) in [6.07, 6.45) is 5.86. The Morgan fingerprint density at radius 2 is 1.44 bits per heavy atom. The Labute approximate surface area is 209 Å². The summed E-state index contributed by atoms with van der Waals surface area (Å²) in [5.74, 6) is 0.456. The maximum atomic E-state index is 12.7. The van der Waals surface area contributed by atoms with Gasteiger partial charge in [0.1, 0.15) is 5.69 Å². The van der Waals surface area contributed by atoms with E-state index in [9.17, 15) is 15.0 Å². The zero-order chi connectivity index (χ0) is 25.5. The van der Waals surface area contributed by atoms with E-state index in [-0.39, 0.29) is 35.5 Å². The molecule has 1 aliphatic rings. The molecule has 1 fully saturated rings. The highest BCUT2D eigenvalue weighted by Gasteiger charge is 2.34. The quantitative estimate of drug-likeness (QED) is 0.418. The number of phenols is 2. The minimum atomic E-state index is -0.270. The summed E-state index contributed by atoms with van der Waals surface area (Å²) in [4.78, 5) is 26.2. The van der Waals surface area contributed by atoms with E-state index in [0.29, 0.717) is 41.2 Å². The molecule has 3 N–H and O–H groups in total. The molecule has 0 aliphatic heterocycles. The Bertz CT molecular complexity index is 1190. The lowest BCUT2D eigenvalue weighted by Crippen LogP contribution is -2.33. The minimum absolute atomic E-state index is 0.00288. The second-order valence-corrected chi connectivity index (χ2v) is 8.34. The lowest BCUT2D eigenvalue weighted by Gasteiger charge is -2.12. The molecule has 1 heterocycles. The lowest BCUT2D eigenvalue weighted by molar-refractivity contribution is 0.0932. The summed E-state index contributed by atoms with van der Waals surface area (Å²) < 4.78 is 10.4. The Morgan fingerprint density at radius 1 is 0.889 bits per heavy atom. The van der Waals surface area contributed by atoms with Gasteiger partial charge in [-0.25, -0.2) is 0 Å². The van der Waals surface area contributed by atoms with Crippen molar-refractivity contribution in [1.29, 1.82) is 0 Å². The summed E-state index contributed by atoms with van der Waals surface area (Å²) in [7, 11) is 2.97. The standard InChI is InChI=1S/C27H28N4O5/c1-35-23-10-5-7-17(25(23)32)15-29-21-13-19(31-27(34)20-9-3-4-12-28-20)14-22(21)30-16-18-8-6-11-24(36-2)26(18)33/h3-12,15-16,19,21-22,32-33H,13-14H2,1-2H3,(H,31,34)/t19?,21-,22+. The fourth-order valence-electron chi connectivity index (χ4n) is 4.16. The van der Waals surface area contributed by atoms with Crippen LogP contribution in [-0.4, -0.2) is 65.9 Å². The second kappa shape index (κ2) is 11.4. The van der Waals surface area contributed by atoms with Crippen molar-refractivity contribution < 1.29 is 24.5 Å². The highest BCUT2D eigenvalue weighted by Crippen LogP contribution is 2.31. The number of benzene rings is 2. The highest BCUT2D eigenvalue weighted by atomic mass is 16.5. The number of aromatic nitrogens is 1. The zero-order valence-corrected chi connectivity index (χ0v) is 20.0. The van der Waals surface area contributed by atoms with Crippen LogP contribution in [0.25, 0.3) is 0 Å². The van der Waals surface area contributed by atoms with E-state index in [1.807, 2.05) is 0 Å². The predicted molar refractivity (Wildman–Crippen MR) is 137 cm³/mol. The van der Waals surface area contributed by atoms with Crippen LogP contribution in [0.4, 0.5) is 0 Å². The van der Waals surface area contributed by atoms with Crippen LogP contribution in [0.15, 0.2) is 70.8 Å². The third-order valence-electron chi connectivity index (χ3n) is 6.04. The SMILES string of the molecule is COc1cccc(C=N[C@H]2CC(NC(=O)c3ccccn3)C[C@H]2N=Cc2cccc(OC)c2O)c1O. The summed E-state index contributed by atoms with van der Waals surface area (Å²) in [5.41, 5.74) is 1.37. The largest absolute Gasteiger partial charge is 0.504 e. The highest BCUT2D eigenvalue weighted by molar-refractivity contribution is 5.92. The minimum Gasteiger partial charge on any atom is -0.504 e. The molecule has 0 radical (unpaired) electrons. The van der Waals surface area contributed by atoms with Crippen LogP contribution in [-0.2, 0) is 0 Å². The van der Waals surface area contributed by atoms with E-state index < -0.39 is 0 Å². The van der Waals surface area contributed by atoms with E-state index in [1.165, 1.54) is 14.2 Å². The van der Waals surface area contributed by atoms with E-state index in [2.05, 4.69) is 10.3 Å². The van der Waals surface area contributed by atoms with Crippen LogP contribution < -0.4 is 14.8 Å². The molecule has 1 amide bonds. The number of pyridine rings is 1. The van der Waals surface area contributed by atoms with Crippen molar-refractivity contribution in [2.75, 3.05) is 14.2 Å². The van der Waals surface area contributed by atoms with Gasteiger partial charge in [-0.2, -0.15) is 0 Å². The monoisotopic (exact) mass is 488 g/mol. The van der Waals surface area contributed by atoms with E-state index >= 15 is 0 Å². The maximum absolute atomic E-state index is 12.7. The number of para-hydroxylation sites is 2.